The fraction of sp³-hybridized carbons (Fsp3) is 0.560. The van der Waals surface area contributed by atoms with Gasteiger partial charge in [-0.05, 0) is 55.8 Å². The molecule has 212 valence electrons. The van der Waals surface area contributed by atoms with Gasteiger partial charge in [0.25, 0.3) is 0 Å². The Kier molecular flexibility index (Phi) is 13.8. The lowest BCUT2D eigenvalue weighted by Crippen LogP contribution is -2.59. The number of aromatic hydroxyl groups is 1. The van der Waals surface area contributed by atoms with Gasteiger partial charge in [-0.15, -0.1) is 0 Å². The minimum absolute atomic E-state index is 0.0703. The summed E-state index contributed by atoms with van der Waals surface area (Å²) in [6.07, 6.45) is 1.06. The summed E-state index contributed by atoms with van der Waals surface area (Å²) in [6.45, 7) is 3.82. The van der Waals surface area contributed by atoms with E-state index in [1.165, 1.54) is 12.1 Å². The van der Waals surface area contributed by atoms with Crippen molar-refractivity contribution in [1.82, 2.24) is 16.0 Å². The van der Waals surface area contributed by atoms with Gasteiger partial charge < -0.3 is 42.7 Å². The number of amides is 3. The van der Waals surface area contributed by atoms with Crippen molar-refractivity contribution in [3.8, 4) is 5.75 Å². The van der Waals surface area contributed by atoms with Crippen molar-refractivity contribution >= 4 is 29.7 Å². The molecular weight excluding hydrogens is 498 g/mol. The van der Waals surface area contributed by atoms with E-state index in [1.54, 1.807) is 26.0 Å². The minimum atomic E-state index is -1.68. The topological polar surface area (TPSA) is 234 Å². The van der Waals surface area contributed by atoms with Gasteiger partial charge in [0, 0.05) is 0 Å². The van der Waals surface area contributed by atoms with E-state index in [-0.39, 0.29) is 18.6 Å². The van der Waals surface area contributed by atoms with E-state index in [0.717, 1.165) is 0 Å². The third kappa shape index (κ3) is 11.1. The van der Waals surface area contributed by atoms with Crippen LogP contribution in [0.5, 0.6) is 5.75 Å². The highest BCUT2D eigenvalue weighted by Gasteiger charge is 2.33. The first-order chi connectivity index (χ1) is 17.9. The van der Waals surface area contributed by atoms with E-state index in [2.05, 4.69) is 16.0 Å². The zero-order valence-corrected chi connectivity index (χ0v) is 21.7. The molecule has 0 radical (unpaired) electrons. The first-order valence-corrected chi connectivity index (χ1v) is 12.5. The van der Waals surface area contributed by atoms with Crippen LogP contribution in [0.25, 0.3) is 0 Å². The van der Waals surface area contributed by atoms with Crippen molar-refractivity contribution in [2.24, 2.45) is 17.4 Å². The molecule has 0 aliphatic heterocycles. The second kappa shape index (κ2) is 16.2. The van der Waals surface area contributed by atoms with E-state index in [0.29, 0.717) is 31.4 Å². The Bertz CT molecular complexity index is 956. The monoisotopic (exact) mass is 537 g/mol. The lowest BCUT2D eigenvalue weighted by molar-refractivity contribution is -0.147. The summed E-state index contributed by atoms with van der Waals surface area (Å²) in [5, 5.41) is 35.0. The highest BCUT2D eigenvalue weighted by molar-refractivity contribution is 5.94. The summed E-state index contributed by atoms with van der Waals surface area (Å²) in [4.78, 5) is 61.3. The number of aliphatic carboxylic acids is 2. The van der Waals surface area contributed by atoms with Crippen LogP contribution in [0, 0.1) is 5.92 Å². The van der Waals surface area contributed by atoms with Crippen molar-refractivity contribution in [3.05, 3.63) is 29.8 Å². The highest BCUT2D eigenvalue weighted by atomic mass is 16.4. The number of carbonyl (C=O) groups is 5. The molecule has 0 saturated carbocycles. The number of hydrogen-bond donors (Lipinski definition) is 8. The maximum Gasteiger partial charge on any atom is 0.326 e. The molecule has 10 N–H and O–H groups in total. The molecule has 1 rings (SSSR count). The van der Waals surface area contributed by atoms with Crippen molar-refractivity contribution in [3.63, 3.8) is 0 Å². The van der Waals surface area contributed by atoms with E-state index >= 15 is 0 Å². The number of nitrogens with one attached hydrogen (secondary N) is 3. The minimum Gasteiger partial charge on any atom is -0.508 e. The van der Waals surface area contributed by atoms with Crippen molar-refractivity contribution in [1.29, 1.82) is 0 Å². The smallest absolute Gasteiger partial charge is 0.326 e. The van der Waals surface area contributed by atoms with Crippen LogP contribution >= 0.6 is 0 Å². The molecular formula is C25H39N5O8. The van der Waals surface area contributed by atoms with Crippen molar-refractivity contribution in [2.75, 3.05) is 6.54 Å². The van der Waals surface area contributed by atoms with Gasteiger partial charge in [-0.3, -0.25) is 19.2 Å². The largest absolute Gasteiger partial charge is 0.508 e. The van der Waals surface area contributed by atoms with E-state index < -0.39 is 66.2 Å². The van der Waals surface area contributed by atoms with Crippen molar-refractivity contribution in [2.45, 2.75) is 76.5 Å². The predicted octanol–water partition coefficient (Wildman–Crippen LogP) is -0.549. The predicted molar refractivity (Wildman–Crippen MR) is 138 cm³/mol. The third-order valence-corrected chi connectivity index (χ3v) is 6.10. The van der Waals surface area contributed by atoms with Crippen LogP contribution < -0.4 is 27.4 Å². The molecule has 13 heteroatoms. The van der Waals surface area contributed by atoms with Gasteiger partial charge in [-0.25, -0.2) is 4.79 Å². The van der Waals surface area contributed by atoms with Crippen molar-refractivity contribution < 1.29 is 39.3 Å². The summed E-state index contributed by atoms with van der Waals surface area (Å²) < 4.78 is 0. The molecule has 0 fully saturated rings. The fourth-order valence-corrected chi connectivity index (χ4v) is 3.61. The fourth-order valence-electron chi connectivity index (χ4n) is 3.61. The van der Waals surface area contributed by atoms with Crippen LogP contribution in [-0.2, 0) is 30.4 Å². The molecule has 5 atom stereocenters. The molecule has 0 bridgehead atoms. The van der Waals surface area contributed by atoms with Crippen LogP contribution in [0.4, 0.5) is 0 Å². The number of carbonyl (C=O) groups excluding carboxylic acids is 3. The summed E-state index contributed by atoms with van der Waals surface area (Å²) >= 11 is 0. The highest BCUT2D eigenvalue weighted by Crippen LogP contribution is 2.13. The normalized spacial score (nSPS) is 14.8. The molecule has 1 aromatic rings. The molecule has 0 saturated heterocycles. The number of nitrogens with two attached hydrogens (primary N) is 2. The molecule has 38 heavy (non-hydrogen) atoms. The van der Waals surface area contributed by atoms with Gasteiger partial charge in [-0.2, -0.15) is 0 Å². The average Bonchev–Trinajstić information content (AvgIpc) is 2.86. The van der Waals surface area contributed by atoms with E-state index in [1.807, 2.05) is 0 Å². The van der Waals surface area contributed by atoms with Gasteiger partial charge in [0.15, 0.2) is 0 Å². The Morgan fingerprint density at radius 2 is 1.50 bits per heavy atom. The van der Waals surface area contributed by atoms with Gasteiger partial charge in [-0.1, -0.05) is 32.4 Å². The number of carboxylic acid groups (broad SMARTS) is 2. The molecule has 0 heterocycles. The molecule has 0 aliphatic rings. The lowest BCUT2D eigenvalue weighted by atomic mass is 9.96. The number of phenolic OH excluding ortho intramolecular Hbond substituents is 1. The van der Waals surface area contributed by atoms with Gasteiger partial charge in [0.05, 0.1) is 12.5 Å². The standard InChI is InChI=1S/C25H39N5O8/c1-3-14(2)21(24(36)29-19(25(37)38)13-20(32)33)30-23(35)18(6-4-5-11-26)28-22(34)17(27)12-15-7-9-16(31)10-8-15/h7-10,14,17-19,21,31H,3-6,11-13,26-27H2,1-2H3,(H,28,34)(H,29,36)(H,30,35)(H,32,33)(H,37,38). The summed E-state index contributed by atoms with van der Waals surface area (Å²) in [5.74, 6) is -5.41. The zero-order valence-electron chi connectivity index (χ0n) is 21.7. The zero-order chi connectivity index (χ0) is 28.8. The SMILES string of the molecule is CCC(C)C(NC(=O)C(CCCCN)NC(=O)C(N)Cc1ccc(O)cc1)C(=O)NC(CC(=O)O)C(=O)O. The average molecular weight is 538 g/mol. The Morgan fingerprint density at radius 1 is 0.895 bits per heavy atom. The number of carboxylic acids is 2. The molecule has 0 spiro atoms. The Balaban J connectivity index is 3.00. The first kappa shape index (κ1) is 32.3. The molecule has 0 aromatic heterocycles. The van der Waals surface area contributed by atoms with Crippen LogP contribution in [0.1, 0.15) is 51.5 Å². The van der Waals surface area contributed by atoms with Crippen LogP contribution in [0.15, 0.2) is 24.3 Å². The summed E-state index contributed by atoms with van der Waals surface area (Å²) in [5.41, 5.74) is 12.3. The summed E-state index contributed by atoms with van der Waals surface area (Å²) in [7, 11) is 0. The molecule has 3 amide bonds. The maximum atomic E-state index is 13.2. The second-order valence-corrected chi connectivity index (χ2v) is 9.19. The number of phenols is 1. The number of benzene rings is 1. The van der Waals surface area contributed by atoms with Crippen LogP contribution in [0.3, 0.4) is 0 Å². The molecule has 5 unspecified atom stereocenters. The number of rotatable bonds is 17. The Hall–Kier alpha value is -3.71. The lowest BCUT2D eigenvalue weighted by Gasteiger charge is -2.28. The summed E-state index contributed by atoms with van der Waals surface area (Å²) in [6, 6.07) is 1.28. The van der Waals surface area contributed by atoms with E-state index in [4.69, 9.17) is 16.6 Å². The van der Waals surface area contributed by atoms with Gasteiger partial charge in [0.1, 0.15) is 23.9 Å². The first-order valence-electron chi connectivity index (χ1n) is 12.5. The van der Waals surface area contributed by atoms with Crippen LogP contribution in [0.2, 0.25) is 0 Å². The van der Waals surface area contributed by atoms with Crippen LogP contribution in [-0.4, -0.2) is 75.7 Å². The Morgan fingerprint density at radius 3 is 2.03 bits per heavy atom. The second-order valence-electron chi connectivity index (χ2n) is 9.19. The maximum absolute atomic E-state index is 13.2. The van der Waals surface area contributed by atoms with Gasteiger partial charge in [0.2, 0.25) is 17.7 Å². The molecule has 0 aliphatic carbocycles. The third-order valence-electron chi connectivity index (χ3n) is 6.10. The Labute approximate surface area is 221 Å². The molecule has 1 aromatic carbocycles. The number of hydrogen-bond acceptors (Lipinski definition) is 8. The number of unbranched alkanes of at least 4 members (excludes halogenated alkanes) is 1. The molecule has 13 nitrogen and oxygen atoms in total. The van der Waals surface area contributed by atoms with E-state index in [9.17, 15) is 34.2 Å². The quantitative estimate of drug-likeness (QED) is 0.118. The van der Waals surface area contributed by atoms with Gasteiger partial charge >= 0.3 is 11.9 Å².